The number of carbonyl (C=O) groups excluding carboxylic acids is 5. The van der Waals surface area contributed by atoms with Crippen molar-refractivity contribution in [2.75, 3.05) is 60.7 Å². The molecular weight excluding hydrogens is 984 g/mol. The van der Waals surface area contributed by atoms with E-state index in [2.05, 4.69) is 20.1 Å². The predicted molar refractivity (Wildman–Crippen MR) is 282 cm³/mol. The number of hydrogen-bond donors (Lipinski definition) is 2. The lowest BCUT2D eigenvalue weighted by molar-refractivity contribution is -0.191. The lowest BCUT2D eigenvalue weighted by Gasteiger charge is -2.55. The summed E-state index contributed by atoms with van der Waals surface area (Å²) < 4.78 is 19.6. The third-order valence-corrected chi connectivity index (χ3v) is 15.1. The first-order chi connectivity index (χ1) is 35.5. The number of hydrogen-bond acceptors (Lipinski definition) is 10. The largest absolute Gasteiger partial charge is 0.457 e. The summed E-state index contributed by atoms with van der Waals surface area (Å²) in [7, 11) is 6.68. The maximum absolute atomic E-state index is 15.1. The zero-order chi connectivity index (χ0) is 52.7. The van der Waals surface area contributed by atoms with Crippen molar-refractivity contribution in [3.63, 3.8) is 0 Å². The molecule has 0 bridgehead atoms. The second-order valence-electron chi connectivity index (χ2n) is 20.2. The predicted octanol–water partition coefficient (Wildman–Crippen LogP) is 6.55. The first kappa shape index (κ1) is 54.0. The number of halogens is 2. The third-order valence-electron chi connectivity index (χ3n) is 14.6. The number of aromatic nitrogens is 2. The second kappa shape index (κ2) is 23.9. The van der Waals surface area contributed by atoms with Gasteiger partial charge in [0.15, 0.2) is 0 Å². The topological polar surface area (TPSA) is 168 Å². The van der Waals surface area contributed by atoms with E-state index >= 15 is 4.79 Å². The van der Waals surface area contributed by atoms with Crippen LogP contribution in [0, 0.1) is 11.3 Å². The Bertz CT molecular complexity index is 2780. The Morgan fingerprint density at radius 3 is 2.15 bits per heavy atom. The van der Waals surface area contributed by atoms with Crippen molar-refractivity contribution in [1.29, 1.82) is 0 Å². The minimum Gasteiger partial charge on any atom is -0.457 e. The molecule has 0 unspecified atom stereocenters. The maximum atomic E-state index is 15.1. The Balaban J connectivity index is 1.08. The van der Waals surface area contributed by atoms with Gasteiger partial charge in [-0.05, 0) is 86.3 Å². The average molecular weight is 1050 g/mol. The molecule has 18 heteroatoms. The van der Waals surface area contributed by atoms with Crippen LogP contribution in [0.15, 0.2) is 103 Å². The monoisotopic (exact) mass is 1050 g/mol. The highest BCUT2D eigenvalue weighted by molar-refractivity contribution is 6.31. The van der Waals surface area contributed by atoms with E-state index in [0.717, 1.165) is 61.1 Å². The van der Waals surface area contributed by atoms with E-state index in [4.69, 9.17) is 42.4 Å². The number of likely N-dealkylation sites (tertiary alicyclic amines) is 1. The standard InChI is InChI=1S/C56H66Cl2N8O8/c1-36-27-60-51(67)26-45(23-39-12-17-43(57)18-13-39)63(4)55(71)47(31-72-6)61-53(69)37(2)66(52(68)24-42(54(70)62(36)3)22-38-10-8-7-9-11-38)29-41-14-19-44(58)25-49(41)74-46-20-15-40(16-21-46)48-28-59-50(64(48)5)30-65-32-56(33-65)34-73-35-56/h7-21,25,28,36-37,42,45,47H,22-24,26-27,29-35H2,1-6H3,(H,60,67)(H,61,69)/t36-,37-,42+,45-,47-/m0/s1. The summed E-state index contributed by atoms with van der Waals surface area (Å²) in [6, 6.07) is 25.8. The quantitative estimate of drug-likeness (QED) is 0.132. The Kier molecular flexibility index (Phi) is 17.5. The highest BCUT2D eigenvalue weighted by Gasteiger charge is 2.49. The van der Waals surface area contributed by atoms with Gasteiger partial charge < -0.3 is 44.1 Å². The maximum Gasteiger partial charge on any atom is 0.247 e. The molecular formula is C56H66Cl2N8O8. The molecule has 5 amide bonds. The molecule has 0 radical (unpaired) electrons. The smallest absolute Gasteiger partial charge is 0.247 e. The van der Waals surface area contributed by atoms with E-state index in [9.17, 15) is 19.2 Å². The van der Waals surface area contributed by atoms with Crippen LogP contribution in [0.4, 0.5) is 0 Å². The van der Waals surface area contributed by atoms with Crippen molar-refractivity contribution in [2.24, 2.45) is 18.4 Å². The van der Waals surface area contributed by atoms with Gasteiger partial charge in [-0.1, -0.05) is 71.7 Å². The number of methoxy groups -OCH3 is 1. The molecule has 2 N–H and O–H groups in total. The van der Waals surface area contributed by atoms with Crippen LogP contribution in [-0.4, -0.2) is 144 Å². The summed E-state index contributed by atoms with van der Waals surface area (Å²) in [6.07, 6.45) is 2.07. The van der Waals surface area contributed by atoms with Crippen molar-refractivity contribution >= 4 is 52.7 Å². The SMILES string of the molecule is COC[C@@H]1NC(=O)[C@H](C)N(Cc2ccc(Cl)cc2Oc2ccc(-c3cnc(CN4CC5(COC5)C4)n3C)cc2)C(=O)C[C@@H](Cc2ccccc2)C(=O)N(C)[C@@H](C)CNC(=O)C[C@H](Cc2ccc(Cl)cc2)N(C)C1=O. The number of amides is 5. The fourth-order valence-electron chi connectivity index (χ4n) is 9.95. The Morgan fingerprint density at radius 2 is 1.47 bits per heavy atom. The van der Waals surface area contributed by atoms with E-state index in [-0.39, 0.29) is 50.8 Å². The number of rotatable bonds is 13. The van der Waals surface area contributed by atoms with Gasteiger partial charge in [0.1, 0.15) is 29.4 Å². The van der Waals surface area contributed by atoms with Gasteiger partial charge in [0.2, 0.25) is 29.5 Å². The minimum atomic E-state index is -1.20. The number of nitrogens with one attached hydrogen (secondary N) is 2. The highest BCUT2D eigenvalue weighted by Crippen LogP contribution is 2.38. The van der Waals surface area contributed by atoms with E-state index in [0.29, 0.717) is 38.9 Å². The fourth-order valence-corrected chi connectivity index (χ4v) is 10.2. The van der Waals surface area contributed by atoms with Gasteiger partial charge in [0.05, 0.1) is 50.7 Å². The van der Waals surface area contributed by atoms with Crippen molar-refractivity contribution in [3.05, 3.63) is 136 Å². The lowest BCUT2D eigenvalue weighted by atomic mass is 9.78. The van der Waals surface area contributed by atoms with Gasteiger partial charge in [0, 0.05) is 99.4 Å². The van der Waals surface area contributed by atoms with Crippen molar-refractivity contribution in [3.8, 4) is 22.8 Å². The lowest BCUT2D eigenvalue weighted by Crippen LogP contribution is -2.65. The molecule has 8 rings (SSSR count). The van der Waals surface area contributed by atoms with E-state index in [1.54, 1.807) is 56.3 Å². The molecule has 5 atom stereocenters. The molecule has 3 saturated heterocycles. The molecule has 4 heterocycles. The number of nitrogens with zero attached hydrogens (tertiary/aromatic N) is 6. The molecule has 392 valence electrons. The number of benzene rings is 4. The highest BCUT2D eigenvalue weighted by atomic mass is 35.5. The molecule has 1 spiro atoms. The van der Waals surface area contributed by atoms with Crippen LogP contribution < -0.4 is 15.4 Å². The van der Waals surface area contributed by atoms with Gasteiger partial charge in [-0.3, -0.25) is 28.9 Å². The normalized spacial score (nSPS) is 22.4. The van der Waals surface area contributed by atoms with Gasteiger partial charge >= 0.3 is 0 Å². The van der Waals surface area contributed by atoms with Crippen LogP contribution in [0.1, 0.15) is 49.2 Å². The fraction of sp³-hybridized carbons (Fsp3) is 0.429. The van der Waals surface area contributed by atoms with Crippen molar-refractivity contribution < 1.29 is 38.2 Å². The first-order valence-electron chi connectivity index (χ1n) is 25.0. The number of likely N-dealkylation sites (N-methyl/N-ethyl adjacent to an activating group) is 2. The molecule has 74 heavy (non-hydrogen) atoms. The van der Waals surface area contributed by atoms with Crippen LogP contribution in [0.5, 0.6) is 11.5 Å². The molecule has 3 aliphatic heterocycles. The number of carbonyl (C=O) groups is 5. The second-order valence-corrected chi connectivity index (χ2v) is 21.1. The molecule has 16 nitrogen and oxygen atoms in total. The molecule has 0 aliphatic carbocycles. The van der Waals surface area contributed by atoms with E-state index in [1.165, 1.54) is 16.9 Å². The van der Waals surface area contributed by atoms with Crippen LogP contribution in [0.25, 0.3) is 11.3 Å². The molecule has 0 saturated carbocycles. The Labute approximate surface area is 443 Å². The van der Waals surface area contributed by atoms with Crippen LogP contribution >= 0.6 is 23.2 Å². The first-order valence-corrected chi connectivity index (χ1v) is 25.8. The molecule has 4 aromatic carbocycles. The zero-order valence-electron chi connectivity index (χ0n) is 42.9. The van der Waals surface area contributed by atoms with Gasteiger partial charge in [0.25, 0.3) is 0 Å². The Morgan fingerprint density at radius 1 is 0.784 bits per heavy atom. The van der Waals surface area contributed by atoms with Crippen molar-refractivity contribution in [1.82, 2.24) is 39.8 Å². The summed E-state index contributed by atoms with van der Waals surface area (Å²) >= 11 is 12.8. The van der Waals surface area contributed by atoms with Crippen LogP contribution in [0.2, 0.25) is 10.0 Å². The summed E-state index contributed by atoms with van der Waals surface area (Å²) in [5, 5.41) is 6.76. The summed E-state index contributed by atoms with van der Waals surface area (Å²) in [5.41, 5.74) is 4.44. The minimum absolute atomic E-state index is 0.0739. The van der Waals surface area contributed by atoms with Crippen molar-refractivity contribution in [2.45, 2.75) is 76.8 Å². The van der Waals surface area contributed by atoms with E-state index < -0.39 is 47.8 Å². The summed E-state index contributed by atoms with van der Waals surface area (Å²) in [6.45, 7) is 7.65. The molecule has 5 aromatic rings. The van der Waals surface area contributed by atoms with Gasteiger partial charge in [-0.25, -0.2) is 4.98 Å². The average Bonchev–Trinajstić information content (AvgIpc) is 3.73. The molecule has 1 aromatic heterocycles. The van der Waals surface area contributed by atoms with Gasteiger partial charge in [-0.15, -0.1) is 0 Å². The number of ether oxygens (including phenoxy) is 3. The molecule has 3 aliphatic rings. The Hall–Kier alpha value is -6.30. The van der Waals surface area contributed by atoms with Crippen LogP contribution in [-0.2, 0) is 66.4 Å². The van der Waals surface area contributed by atoms with E-state index in [1.807, 2.05) is 86.9 Å². The van der Waals surface area contributed by atoms with Crippen LogP contribution in [0.3, 0.4) is 0 Å². The summed E-state index contributed by atoms with van der Waals surface area (Å²) in [4.78, 5) is 84.1. The number of imidazole rings is 1. The summed E-state index contributed by atoms with van der Waals surface area (Å²) in [5.74, 6) is -1.28. The zero-order valence-corrected chi connectivity index (χ0v) is 44.4. The van der Waals surface area contributed by atoms with Gasteiger partial charge in [-0.2, -0.15) is 0 Å². The molecule has 3 fully saturated rings. The third kappa shape index (κ3) is 13.0.